The molecule has 2 heterocycles. The maximum Gasteiger partial charge on any atom is 0.214 e. The molecule has 4 nitrogen and oxygen atoms in total. The highest BCUT2D eigenvalue weighted by Crippen LogP contribution is 2.39. The second-order valence-electron chi connectivity index (χ2n) is 3.74. The predicted octanol–water partition coefficient (Wildman–Crippen LogP) is 1.63. The molecule has 1 atom stereocenters. The molecule has 0 radical (unpaired) electrons. The number of hydrogen-bond acceptors (Lipinski definition) is 4. The van der Waals surface area contributed by atoms with Gasteiger partial charge in [-0.1, -0.05) is 0 Å². The zero-order valence-corrected chi connectivity index (χ0v) is 7.68. The van der Waals surface area contributed by atoms with Crippen molar-refractivity contribution >= 4 is 11.2 Å². The molecule has 2 aromatic heterocycles. The Labute approximate surface area is 81.1 Å². The molecule has 0 saturated heterocycles. The van der Waals surface area contributed by atoms with E-state index in [-0.39, 0.29) is 6.04 Å². The Morgan fingerprint density at radius 3 is 3.07 bits per heavy atom. The SMILES string of the molecule is NC(c1nc2ncccc2o1)C1CC1. The highest BCUT2D eigenvalue weighted by molar-refractivity contribution is 5.66. The standard InChI is InChI=1S/C10H11N3O/c11-8(6-3-4-6)10-13-9-7(14-10)2-1-5-12-9/h1-2,5-6,8H,3-4,11H2. The van der Waals surface area contributed by atoms with E-state index in [0.29, 0.717) is 17.5 Å². The van der Waals surface area contributed by atoms with Gasteiger partial charge in [0.05, 0.1) is 6.04 Å². The molecule has 1 aliphatic rings. The van der Waals surface area contributed by atoms with E-state index in [2.05, 4.69) is 9.97 Å². The number of rotatable bonds is 2. The topological polar surface area (TPSA) is 64.9 Å². The molecule has 1 aliphatic carbocycles. The van der Waals surface area contributed by atoms with Crippen molar-refractivity contribution in [2.45, 2.75) is 18.9 Å². The molecular formula is C10H11N3O. The lowest BCUT2D eigenvalue weighted by Gasteiger charge is -2.02. The van der Waals surface area contributed by atoms with Gasteiger partial charge in [0.15, 0.2) is 11.2 Å². The molecule has 4 heteroatoms. The highest BCUT2D eigenvalue weighted by atomic mass is 16.3. The summed E-state index contributed by atoms with van der Waals surface area (Å²) in [6.07, 6.45) is 4.08. The van der Waals surface area contributed by atoms with E-state index in [1.165, 1.54) is 12.8 Å². The molecule has 2 N–H and O–H groups in total. The molecule has 1 saturated carbocycles. The van der Waals surface area contributed by atoms with Crippen molar-refractivity contribution < 1.29 is 4.42 Å². The van der Waals surface area contributed by atoms with Gasteiger partial charge in [-0.15, -0.1) is 0 Å². The maximum atomic E-state index is 5.98. The van der Waals surface area contributed by atoms with Crippen LogP contribution in [0.25, 0.3) is 11.2 Å². The zero-order chi connectivity index (χ0) is 9.54. The molecule has 0 amide bonds. The van der Waals surface area contributed by atoms with Crippen molar-refractivity contribution in [2.24, 2.45) is 11.7 Å². The van der Waals surface area contributed by atoms with Crippen molar-refractivity contribution in [3.05, 3.63) is 24.2 Å². The summed E-state index contributed by atoms with van der Waals surface area (Å²) < 4.78 is 5.53. The summed E-state index contributed by atoms with van der Waals surface area (Å²) in [4.78, 5) is 8.37. The number of aromatic nitrogens is 2. The highest BCUT2D eigenvalue weighted by Gasteiger charge is 2.32. The minimum Gasteiger partial charge on any atom is -0.437 e. The van der Waals surface area contributed by atoms with Crippen molar-refractivity contribution in [1.82, 2.24) is 9.97 Å². The molecule has 72 valence electrons. The second-order valence-corrected chi connectivity index (χ2v) is 3.74. The average Bonchev–Trinajstić information content (AvgIpc) is 2.95. The summed E-state index contributed by atoms with van der Waals surface area (Å²) in [5.74, 6) is 1.18. The van der Waals surface area contributed by atoms with Gasteiger partial charge in [-0.2, -0.15) is 4.98 Å². The third-order valence-corrected chi connectivity index (χ3v) is 2.60. The van der Waals surface area contributed by atoms with Crippen LogP contribution in [0.2, 0.25) is 0 Å². The van der Waals surface area contributed by atoms with Crippen LogP contribution in [0.4, 0.5) is 0 Å². The largest absolute Gasteiger partial charge is 0.437 e. The molecule has 0 aromatic carbocycles. The number of hydrogen-bond donors (Lipinski definition) is 1. The zero-order valence-electron chi connectivity index (χ0n) is 7.68. The maximum absolute atomic E-state index is 5.98. The third kappa shape index (κ3) is 1.19. The average molecular weight is 189 g/mol. The first-order valence-electron chi connectivity index (χ1n) is 4.81. The van der Waals surface area contributed by atoms with E-state index in [0.717, 1.165) is 5.58 Å². The number of nitrogens with two attached hydrogens (primary N) is 1. The first-order valence-corrected chi connectivity index (χ1v) is 4.81. The predicted molar refractivity (Wildman–Crippen MR) is 51.5 cm³/mol. The Morgan fingerprint density at radius 2 is 2.36 bits per heavy atom. The summed E-state index contributed by atoms with van der Waals surface area (Å²) in [6.45, 7) is 0. The minimum atomic E-state index is -0.0517. The summed E-state index contributed by atoms with van der Waals surface area (Å²) >= 11 is 0. The Hall–Kier alpha value is -1.42. The first kappa shape index (κ1) is 7.94. The Bertz CT molecular complexity index is 428. The van der Waals surface area contributed by atoms with Gasteiger partial charge >= 0.3 is 0 Å². The summed E-state index contributed by atoms with van der Waals surface area (Å²) in [6, 6.07) is 3.64. The summed E-state index contributed by atoms with van der Waals surface area (Å²) in [7, 11) is 0. The van der Waals surface area contributed by atoms with Gasteiger partial charge in [-0.05, 0) is 30.9 Å². The van der Waals surface area contributed by atoms with E-state index >= 15 is 0 Å². The van der Waals surface area contributed by atoms with E-state index in [9.17, 15) is 0 Å². The Morgan fingerprint density at radius 1 is 1.50 bits per heavy atom. The van der Waals surface area contributed by atoms with E-state index in [4.69, 9.17) is 10.2 Å². The fourth-order valence-corrected chi connectivity index (χ4v) is 1.59. The second kappa shape index (κ2) is 2.78. The fraction of sp³-hybridized carbons (Fsp3) is 0.400. The van der Waals surface area contributed by atoms with Crippen LogP contribution in [0.5, 0.6) is 0 Å². The molecule has 0 spiro atoms. The molecule has 2 aromatic rings. The lowest BCUT2D eigenvalue weighted by atomic mass is 10.2. The minimum absolute atomic E-state index is 0.0517. The smallest absolute Gasteiger partial charge is 0.214 e. The van der Waals surface area contributed by atoms with Crippen LogP contribution in [0.3, 0.4) is 0 Å². The van der Waals surface area contributed by atoms with E-state index in [1.54, 1.807) is 6.20 Å². The first-order chi connectivity index (χ1) is 6.84. The Balaban J connectivity index is 2.04. The molecule has 14 heavy (non-hydrogen) atoms. The van der Waals surface area contributed by atoms with Crippen molar-refractivity contribution in [3.8, 4) is 0 Å². The monoisotopic (exact) mass is 189 g/mol. The number of pyridine rings is 1. The van der Waals surface area contributed by atoms with Crippen LogP contribution >= 0.6 is 0 Å². The number of oxazole rings is 1. The van der Waals surface area contributed by atoms with Crippen LogP contribution in [0, 0.1) is 5.92 Å². The normalized spacial score (nSPS) is 18.6. The molecule has 0 bridgehead atoms. The van der Waals surface area contributed by atoms with Gasteiger partial charge in [-0.25, -0.2) is 4.98 Å². The van der Waals surface area contributed by atoms with Gasteiger partial charge < -0.3 is 10.2 Å². The lowest BCUT2D eigenvalue weighted by Crippen LogP contribution is -2.12. The van der Waals surface area contributed by atoms with Gasteiger partial charge in [0.1, 0.15) is 0 Å². The molecule has 1 fully saturated rings. The third-order valence-electron chi connectivity index (χ3n) is 2.60. The fourth-order valence-electron chi connectivity index (χ4n) is 1.59. The molecule has 3 rings (SSSR count). The van der Waals surface area contributed by atoms with Gasteiger partial charge in [0.2, 0.25) is 5.89 Å². The summed E-state index contributed by atoms with van der Waals surface area (Å²) in [5, 5.41) is 0. The van der Waals surface area contributed by atoms with Crippen LogP contribution in [0.1, 0.15) is 24.8 Å². The summed E-state index contributed by atoms with van der Waals surface area (Å²) in [5.41, 5.74) is 7.35. The van der Waals surface area contributed by atoms with Crippen molar-refractivity contribution in [1.29, 1.82) is 0 Å². The number of fused-ring (bicyclic) bond motifs is 1. The van der Waals surface area contributed by atoms with Crippen LogP contribution in [-0.4, -0.2) is 9.97 Å². The van der Waals surface area contributed by atoms with Crippen molar-refractivity contribution in [3.63, 3.8) is 0 Å². The van der Waals surface area contributed by atoms with Crippen molar-refractivity contribution in [2.75, 3.05) is 0 Å². The van der Waals surface area contributed by atoms with Crippen LogP contribution in [0.15, 0.2) is 22.7 Å². The van der Waals surface area contributed by atoms with Gasteiger partial charge in [0, 0.05) is 6.20 Å². The number of nitrogens with zero attached hydrogens (tertiary/aromatic N) is 2. The lowest BCUT2D eigenvalue weighted by molar-refractivity contribution is 0.448. The quantitative estimate of drug-likeness (QED) is 0.779. The van der Waals surface area contributed by atoms with Crippen LogP contribution in [-0.2, 0) is 0 Å². The van der Waals surface area contributed by atoms with Crippen LogP contribution < -0.4 is 5.73 Å². The van der Waals surface area contributed by atoms with Gasteiger partial charge in [0.25, 0.3) is 0 Å². The van der Waals surface area contributed by atoms with E-state index < -0.39 is 0 Å². The molecular weight excluding hydrogens is 178 g/mol. The van der Waals surface area contributed by atoms with Gasteiger partial charge in [-0.3, -0.25) is 0 Å². The van der Waals surface area contributed by atoms with E-state index in [1.807, 2.05) is 12.1 Å². The molecule has 1 unspecified atom stereocenters. The molecule has 0 aliphatic heterocycles. The Kier molecular flexibility index (Phi) is 1.58.